The van der Waals surface area contributed by atoms with E-state index < -0.39 is 11.9 Å². The lowest BCUT2D eigenvalue weighted by Crippen LogP contribution is -2.17. The number of carbonyl (C=O) groups is 2. The molecule has 0 aliphatic rings. The van der Waals surface area contributed by atoms with E-state index in [1.165, 1.54) is 16.9 Å². The molecule has 0 saturated heterocycles. The minimum absolute atomic E-state index is 0.0799. The molecule has 158 valence electrons. The van der Waals surface area contributed by atoms with Gasteiger partial charge in [0.15, 0.2) is 5.76 Å². The van der Waals surface area contributed by atoms with E-state index >= 15 is 0 Å². The first-order chi connectivity index (χ1) is 14.5. The summed E-state index contributed by atoms with van der Waals surface area (Å²) >= 11 is 0. The Balaban J connectivity index is 1.61. The number of hydrogen-bond donors (Lipinski definition) is 1. The maximum atomic E-state index is 12.5. The van der Waals surface area contributed by atoms with Crippen LogP contribution in [0.15, 0.2) is 47.0 Å². The normalized spacial score (nSPS) is 10.5. The van der Waals surface area contributed by atoms with Crippen molar-refractivity contribution in [2.45, 2.75) is 20.5 Å². The highest BCUT2D eigenvalue weighted by atomic mass is 16.5. The molecule has 1 N–H and O–H groups in total. The van der Waals surface area contributed by atoms with Crippen molar-refractivity contribution < 1.29 is 28.2 Å². The summed E-state index contributed by atoms with van der Waals surface area (Å²) in [5, 5.41) is 6.63. The van der Waals surface area contributed by atoms with Crippen LogP contribution in [0.3, 0.4) is 0 Å². The molecular weight excluding hydrogens is 390 g/mol. The molecule has 0 atom stereocenters. The minimum Gasteiger partial charge on any atom is -0.494 e. The van der Waals surface area contributed by atoms with Gasteiger partial charge >= 0.3 is 5.97 Å². The standard InChI is InChI=1S/C21H23N3O6/c1-4-27-14-6-8-15(9-7-14)29-13-16-10-11-18(30-16)20(25)23-19-17(12-22-24(19)3)21(26)28-5-2/h6-12H,4-5,13H2,1-3H3,(H,23,25). The van der Waals surface area contributed by atoms with Crippen LogP contribution in [0.5, 0.6) is 11.5 Å². The first kappa shape index (κ1) is 21.0. The number of anilines is 1. The molecule has 9 nitrogen and oxygen atoms in total. The van der Waals surface area contributed by atoms with Crippen molar-refractivity contribution in [3.63, 3.8) is 0 Å². The van der Waals surface area contributed by atoms with E-state index in [2.05, 4.69) is 10.4 Å². The smallest absolute Gasteiger partial charge is 0.343 e. The van der Waals surface area contributed by atoms with Gasteiger partial charge in [-0.15, -0.1) is 0 Å². The number of amides is 1. The summed E-state index contributed by atoms with van der Waals surface area (Å²) in [6.45, 7) is 4.59. The van der Waals surface area contributed by atoms with Gasteiger partial charge in [-0.1, -0.05) is 0 Å². The molecule has 1 amide bonds. The zero-order valence-corrected chi connectivity index (χ0v) is 17.0. The Hall–Kier alpha value is -3.75. The number of nitrogens with one attached hydrogen (secondary N) is 1. The van der Waals surface area contributed by atoms with Crippen molar-refractivity contribution in [3.05, 3.63) is 59.7 Å². The van der Waals surface area contributed by atoms with Crippen LogP contribution in [-0.2, 0) is 18.4 Å². The number of nitrogens with zero attached hydrogens (tertiary/aromatic N) is 2. The molecular formula is C21H23N3O6. The van der Waals surface area contributed by atoms with Crippen LogP contribution >= 0.6 is 0 Å². The summed E-state index contributed by atoms with van der Waals surface area (Å²) < 4.78 is 23.0. The Labute approximate surface area is 173 Å². The largest absolute Gasteiger partial charge is 0.494 e. The Morgan fingerprint density at radius 3 is 2.40 bits per heavy atom. The third-order valence-electron chi connectivity index (χ3n) is 4.07. The van der Waals surface area contributed by atoms with Gasteiger partial charge < -0.3 is 23.9 Å². The lowest BCUT2D eigenvalue weighted by Gasteiger charge is -2.07. The van der Waals surface area contributed by atoms with Crippen LogP contribution < -0.4 is 14.8 Å². The first-order valence-corrected chi connectivity index (χ1v) is 9.46. The number of furan rings is 1. The molecule has 0 bridgehead atoms. The summed E-state index contributed by atoms with van der Waals surface area (Å²) in [5.74, 6) is 1.11. The number of hydrogen-bond acceptors (Lipinski definition) is 7. The summed E-state index contributed by atoms with van der Waals surface area (Å²) in [6, 6.07) is 10.4. The number of carbonyl (C=O) groups excluding carboxylic acids is 2. The highest BCUT2D eigenvalue weighted by molar-refractivity contribution is 6.05. The van der Waals surface area contributed by atoms with Crippen molar-refractivity contribution in [1.82, 2.24) is 9.78 Å². The zero-order chi connectivity index (χ0) is 21.5. The molecule has 0 unspecified atom stereocenters. The summed E-state index contributed by atoms with van der Waals surface area (Å²) in [6.07, 6.45) is 1.34. The summed E-state index contributed by atoms with van der Waals surface area (Å²) in [7, 11) is 1.61. The summed E-state index contributed by atoms with van der Waals surface area (Å²) in [5.41, 5.74) is 0.165. The van der Waals surface area contributed by atoms with E-state index in [4.69, 9.17) is 18.6 Å². The van der Waals surface area contributed by atoms with Crippen molar-refractivity contribution >= 4 is 17.7 Å². The van der Waals surface area contributed by atoms with E-state index in [9.17, 15) is 9.59 Å². The molecule has 0 saturated carbocycles. The van der Waals surface area contributed by atoms with E-state index in [1.807, 2.05) is 19.1 Å². The molecule has 30 heavy (non-hydrogen) atoms. The molecule has 0 fully saturated rings. The van der Waals surface area contributed by atoms with Crippen LogP contribution in [0.4, 0.5) is 5.82 Å². The SMILES string of the molecule is CCOC(=O)c1cnn(C)c1NC(=O)c1ccc(COc2ccc(OCC)cc2)o1. The third kappa shape index (κ3) is 4.99. The van der Waals surface area contributed by atoms with Gasteiger partial charge in [0.1, 0.15) is 35.2 Å². The van der Waals surface area contributed by atoms with Crippen LogP contribution in [0, 0.1) is 0 Å². The topological polar surface area (TPSA) is 105 Å². The molecule has 0 aliphatic carbocycles. The Kier molecular flexibility index (Phi) is 6.74. The van der Waals surface area contributed by atoms with Crippen LogP contribution in [-0.4, -0.2) is 34.9 Å². The van der Waals surface area contributed by atoms with Crippen molar-refractivity contribution in [2.24, 2.45) is 7.05 Å². The van der Waals surface area contributed by atoms with E-state index in [-0.39, 0.29) is 30.4 Å². The van der Waals surface area contributed by atoms with Gasteiger partial charge in [0.2, 0.25) is 0 Å². The van der Waals surface area contributed by atoms with Gasteiger partial charge in [0.25, 0.3) is 5.91 Å². The molecule has 3 rings (SSSR count). The average molecular weight is 413 g/mol. The molecule has 2 aromatic heterocycles. The quantitative estimate of drug-likeness (QED) is 0.536. The lowest BCUT2D eigenvalue weighted by molar-refractivity contribution is 0.0527. The number of esters is 1. The molecule has 3 aromatic rings. The number of aryl methyl sites for hydroxylation is 1. The Morgan fingerprint density at radius 1 is 1.03 bits per heavy atom. The fraction of sp³-hybridized carbons (Fsp3) is 0.286. The average Bonchev–Trinajstić information content (AvgIpc) is 3.35. The van der Waals surface area contributed by atoms with Crippen molar-refractivity contribution in [2.75, 3.05) is 18.5 Å². The van der Waals surface area contributed by atoms with Crippen LogP contribution in [0.2, 0.25) is 0 Å². The molecule has 2 heterocycles. The molecule has 0 radical (unpaired) electrons. The monoisotopic (exact) mass is 413 g/mol. The number of rotatable bonds is 9. The van der Waals surface area contributed by atoms with Gasteiger partial charge in [-0.25, -0.2) is 4.79 Å². The molecule has 0 aliphatic heterocycles. The first-order valence-electron chi connectivity index (χ1n) is 9.46. The zero-order valence-electron chi connectivity index (χ0n) is 17.0. The van der Waals surface area contributed by atoms with Gasteiger partial charge in [-0.05, 0) is 50.2 Å². The van der Waals surface area contributed by atoms with Crippen molar-refractivity contribution in [1.29, 1.82) is 0 Å². The Morgan fingerprint density at radius 2 is 1.73 bits per heavy atom. The number of aromatic nitrogens is 2. The fourth-order valence-corrected chi connectivity index (χ4v) is 2.64. The lowest BCUT2D eigenvalue weighted by atomic mass is 10.3. The number of benzene rings is 1. The Bertz CT molecular complexity index is 1010. The predicted molar refractivity (Wildman–Crippen MR) is 108 cm³/mol. The second-order valence-electron chi connectivity index (χ2n) is 6.16. The molecule has 9 heteroatoms. The molecule has 0 spiro atoms. The summed E-state index contributed by atoms with van der Waals surface area (Å²) in [4.78, 5) is 24.5. The fourth-order valence-electron chi connectivity index (χ4n) is 2.64. The van der Waals surface area contributed by atoms with Crippen molar-refractivity contribution in [3.8, 4) is 11.5 Å². The van der Waals surface area contributed by atoms with Crippen LogP contribution in [0.25, 0.3) is 0 Å². The van der Waals surface area contributed by atoms with Gasteiger partial charge in [0.05, 0.1) is 19.4 Å². The highest BCUT2D eigenvalue weighted by Gasteiger charge is 2.21. The second-order valence-corrected chi connectivity index (χ2v) is 6.16. The van der Waals surface area contributed by atoms with E-state index in [0.29, 0.717) is 18.1 Å². The van der Waals surface area contributed by atoms with Gasteiger partial charge in [-0.2, -0.15) is 5.10 Å². The third-order valence-corrected chi connectivity index (χ3v) is 4.07. The second kappa shape index (κ2) is 9.64. The highest BCUT2D eigenvalue weighted by Crippen LogP contribution is 2.20. The van der Waals surface area contributed by atoms with Gasteiger partial charge in [-0.3, -0.25) is 9.48 Å². The number of ether oxygens (including phenoxy) is 3. The van der Waals surface area contributed by atoms with E-state index in [0.717, 1.165) is 5.75 Å². The van der Waals surface area contributed by atoms with Crippen LogP contribution in [0.1, 0.15) is 40.5 Å². The maximum Gasteiger partial charge on any atom is 0.343 e. The molecule has 1 aromatic carbocycles. The van der Waals surface area contributed by atoms with Gasteiger partial charge in [0, 0.05) is 7.05 Å². The minimum atomic E-state index is -0.565. The van der Waals surface area contributed by atoms with E-state index in [1.54, 1.807) is 32.2 Å². The maximum absolute atomic E-state index is 12.5. The predicted octanol–water partition coefficient (Wildman–Crippen LogP) is 3.42.